The van der Waals surface area contributed by atoms with Crippen LogP contribution < -0.4 is 5.32 Å². The molecule has 0 bridgehead atoms. The van der Waals surface area contributed by atoms with Gasteiger partial charge in [-0.25, -0.2) is 0 Å². The summed E-state index contributed by atoms with van der Waals surface area (Å²) in [4.78, 5) is 0. The number of oxime groups is 1. The Hall–Kier alpha value is -0.570. The number of rotatable bonds is 1. The van der Waals surface area contributed by atoms with Crippen LogP contribution in [0.5, 0.6) is 0 Å². The molecular formula is C10H20N2O. The third-order valence-electron chi connectivity index (χ3n) is 2.50. The van der Waals surface area contributed by atoms with Gasteiger partial charge in [0.15, 0.2) is 0 Å². The van der Waals surface area contributed by atoms with Gasteiger partial charge in [-0.1, -0.05) is 0 Å². The lowest BCUT2D eigenvalue weighted by Crippen LogP contribution is -2.58. The zero-order valence-corrected chi connectivity index (χ0v) is 8.96. The molecule has 2 N–H and O–H groups in total. The molecule has 1 heterocycles. The highest BCUT2D eigenvalue weighted by Gasteiger charge is 2.36. The molecule has 1 rings (SSSR count). The predicted molar refractivity (Wildman–Crippen MR) is 54.3 cm³/mol. The minimum atomic E-state index is 0.133. The molecule has 1 fully saturated rings. The van der Waals surface area contributed by atoms with Crippen molar-refractivity contribution in [1.82, 2.24) is 5.32 Å². The molecule has 0 aromatic carbocycles. The van der Waals surface area contributed by atoms with Gasteiger partial charge < -0.3 is 10.5 Å². The van der Waals surface area contributed by atoms with Crippen molar-refractivity contribution in [1.29, 1.82) is 0 Å². The van der Waals surface area contributed by atoms with E-state index in [1.807, 2.05) is 0 Å². The molecule has 3 nitrogen and oxygen atoms in total. The Bertz CT molecular complexity index is 193. The second kappa shape index (κ2) is 3.29. The van der Waals surface area contributed by atoms with Crippen molar-refractivity contribution in [2.24, 2.45) is 11.1 Å². The highest BCUT2D eigenvalue weighted by Crippen LogP contribution is 2.31. The molecule has 0 aliphatic carbocycles. The standard InChI is InChI=1S/C10H20N2O/c1-9(2)5-8(7-11-13)6-10(3,4)12-9/h7-8,12-13H,5-6H2,1-4H3. The fourth-order valence-electron chi connectivity index (χ4n) is 2.60. The van der Waals surface area contributed by atoms with Crippen LogP contribution in [0, 0.1) is 5.92 Å². The van der Waals surface area contributed by atoms with Crippen molar-refractivity contribution < 1.29 is 5.21 Å². The van der Waals surface area contributed by atoms with Crippen LogP contribution in [0.4, 0.5) is 0 Å². The minimum Gasteiger partial charge on any atom is -0.411 e. The van der Waals surface area contributed by atoms with Gasteiger partial charge >= 0.3 is 0 Å². The van der Waals surface area contributed by atoms with Crippen LogP contribution in [0.25, 0.3) is 0 Å². The van der Waals surface area contributed by atoms with Gasteiger partial charge in [0.05, 0.1) is 0 Å². The van der Waals surface area contributed by atoms with Crippen LogP contribution in [-0.4, -0.2) is 22.5 Å². The smallest absolute Gasteiger partial charge is 0.0468 e. The maximum atomic E-state index is 8.51. The Morgan fingerprint density at radius 1 is 1.23 bits per heavy atom. The largest absolute Gasteiger partial charge is 0.411 e. The summed E-state index contributed by atoms with van der Waals surface area (Å²) in [5, 5.41) is 15.2. The SMILES string of the molecule is CC1(C)CC(C=NO)CC(C)(C)N1. The minimum absolute atomic E-state index is 0.133. The predicted octanol–water partition coefficient (Wildman–Crippen LogP) is 2.00. The van der Waals surface area contributed by atoms with Crippen LogP contribution in [0.3, 0.4) is 0 Å². The van der Waals surface area contributed by atoms with Crippen LogP contribution in [0.2, 0.25) is 0 Å². The maximum absolute atomic E-state index is 8.51. The Morgan fingerprint density at radius 3 is 2.08 bits per heavy atom. The molecule has 0 saturated carbocycles. The third-order valence-corrected chi connectivity index (χ3v) is 2.50. The first-order valence-electron chi connectivity index (χ1n) is 4.82. The van der Waals surface area contributed by atoms with Crippen molar-refractivity contribution in [2.45, 2.75) is 51.6 Å². The monoisotopic (exact) mass is 184 g/mol. The van der Waals surface area contributed by atoms with Gasteiger partial charge in [0.25, 0.3) is 0 Å². The van der Waals surface area contributed by atoms with Gasteiger partial charge in [0.1, 0.15) is 0 Å². The molecule has 3 heteroatoms. The van der Waals surface area contributed by atoms with E-state index in [-0.39, 0.29) is 11.1 Å². The molecule has 13 heavy (non-hydrogen) atoms. The summed E-state index contributed by atoms with van der Waals surface area (Å²) in [5.74, 6) is 0.385. The Kier molecular flexibility index (Phi) is 2.66. The number of piperidine rings is 1. The highest BCUT2D eigenvalue weighted by atomic mass is 16.4. The Labute approximate surface area is 80.2 Å². The van der Waals surface area contributed by atoms with Crippen molar-refractivity contribution in [3.63, 3.8) is 0 Å². The fraction of sp³-hybridized carbons (Fsp3) is 0.900. The molecule has 76 valence electrons. The first-order valence-corrected chi connectivity index (χ1v) is 4.82. The van der Waals surface area contributed by atoms with E-state index >= 15 is 0 Å². The normalized spacial score (nSPS) is 28.0. The maximum Gasteiger partial charge on any atom is 0.0468 e. The lowest BCUT2D eigenvalue weighted by atomic mass is 9.76. The zero-order chi connectivity index (χ0) is 10.1. The summed E-state index contributed by atoms with van der Waals surface area (Å²) in [6, 6.07) is 0. The molecule has 1 aliphatic rings. The van der Waals surface area contributed by atoms with Crippen molar-refractivity contribution in [3.8, 4) is 0 Å². The van der Waals surface area contributed by atoms with E-state index in [0.717, 1.165) is 12.8 Å². The molecule has 0 amide bonds. The second-order valence-corrected chi connectivity index (χ2v) is 5.33. The summed E-state index contributed by atoms with van der Waals surface area (Å²) < 4.78 is 0. The molecule has 0 aromatic heterocycles. The topological polar surface area (TPSA) is 44.6 Å². The number of nitrogens with one attached hydrogen (secondary N) is 1. The second-order valence-electron chi connectivity index (χ2n) is 5.33. The molecule has 0 atom stereocenters. The van der Waals surface area contributed by atoms with Gasteiger partial charge in [0, 0.05) is 23.2 Å². The first-order chi connectivity index (χ1) is 5.85. The van der Waals surface area contributed by atoms with E-state index in [1.54, 1.807) is 6.21 Å². The highest BCUT2D eigenvalue weighted by molar-refractivity contribution is 5.60. The number of hydrogen-bond donors (Lipinski definition) is 2. The van der Waals surface area contributed by atoms with Gasteiger partial charge in [-0.3, -0.25) is 0 Å². The fourth-order valence-corrected chi connectivity index (χ4v) is 2.60. The van der Waals surface area contributed by atoms with E-state index in [0.29, 0.717) is 5.92 Å². The molecular weight excluding hydrogens is 164 g/mol. The van der Waals surface area contributed by atoms with Crippen LogP contribution in [-0.2, 0) is 0 Å². The van der Waals surface area contributed by atoms with Gasteiger partial charge in [-0.2, -0.15) is 0 Å². The molecule has 0 aromatic rings. The third kappa shape index (κ3) is 2.99. The van der Waals surface area contributed by atoms with Gasteiger partial charge in [-0.05, 0) is 40.5 Å². The lowest BCUT2D eigenvalue weighted by Gasteiger charge is -2.45. The van der Waals surface area contributed by atoms with Crippen LogP contribution in [0.15, 0.2) is 5.16 Å². The van der Waals surface area contributed by atoms with E-state index in [4.69, 9.17) is 5.21 Å². The summed E-state index contributed by atoms with van der Waals surface area (Å²) in [6.07, 6.45) is 3.71. The number of nitrogens with zero attached hydrogens (tertiary/aromatic N) is 1. The van der Waals surface area contributed by atoms with E-state index in [9.17, 15) is 0 Å². The summed E-state index contributed by atoms with van der Waals surface area (Å²) in [7, 11) is 0. The van der Waals surface area contributed by atoms with Crippen molar-refractivity contribution >= 4 is 6.21 Å². The van der Waals surface area contributed by atoms with Crippen LogP contribution >= 0.6 is 0 Å². The average molecular weight is 184 g/mol. The van der Waals surface area contributed by atoms with Crippen LogP contribution in [0.1, 0.15) is 40.5 Å². The number of hydrogen-bond acceptors (Lipinski definition) is 3. The average Bonchev–Trinajstić information content (AvgIpc) is 1.78. The zero-order valence-electron chi connectivity index (χ0n) is 8.96. The Morgan fingerprint density at radius 2 is 1.69 bits per heavy atom. The molecule has 1 aliphatic heterocycles. The molecule has 0 radical (unpaired) electrons. The summed E-state index contributed by atoms with van der Waals surface area (Å²) in [6.45, 7) is 8.75. The molecule has 0 spiro atoms. The van der Waals surface area contributed by atoms with Gasteiger partial charge in [-0.15, -0.1) is 5.16 Å². The van der Waals surface area contributed by atoms with Crippen molar-refractivity contribution in [3.05, 3.63) is 0 Å². The summed E-state index contributed by atoms with van der Waals surface area (Å²) >= 11 is 0. The van der Waals surface area contributed by atoms with E-state index < -0.39 is 0 Å². The Balaban J connectivity index is 2.72. The van der Waals surface area contributed by atoms with Gasteiger partial charge in [0.2, 0.25) is 0 Å². The van der Waals surface area contributed by atoms with E-state index in [2.05, 4.69) is 38.2 Å². The molecule has 0 unspecified atom stereocenters. The molecule has 1 saturated heterocycles. The van der Waals surface area contributed by atoms with E-state index in [1.165, 1.54) is 0 Å². The lowest BCUT2D eigenvalue weighted by molar-refractivity contribution is 0.158. The quantitative estimate of drug-likeness (QED) is 0.372. The first kappa shape index (κ1) is 10.5. The summed E-state index contributed by atoms with van der Waals surface area (Å²) in [5.41, 5.74) is 0.265. The van der Waals surface area contributed by atoms with Crippen molar-refractivity contribution in [2.75, 3.05) is 0 Å².